The van der Waals surface area contributed by atoms with Crippen LogP contribution in [0.4, 0.5) is 5.69 Å². The molecule has 1 spiro atoms. The fourth-order valence-corrected chi connectivity index (χ4v) is 9.55. The maximum absolute atomic E-state index is 13.6. The molecule has 10 nitrogen and oxygen atoms in total. The first kappa shape index (κ1) is 33.6. The van der Waals surface area contributed by atoms with E-state index in [1.807, 2.05) is 10.8 Å². The average molecular weight is 700 g/mol. The number of amides is 2. The van der Waals surface area contributed by atoms with Crippen molar-refractivity contribution in [3.63, 3.8) is 0 Å². The number of fused-ring (bicyclic) bond motifs is 7. The largest absolute Gasteiger partial charge is 0.490 e. The van der Waals surface area contributed by atoms with Crippen LogP contribution in [-0.2, 0) is 41.8 Å². The number of hydrogen-bond acceptors (Lipinski definition) is 8. The van der Waals surface area contributed by atoms with Crippen LogP contribution < -0.4 is 14.4 Å². The molecule has 5 aliphatic rings. The van der Waals surface area contributed by atoms with Crippen molar-refractivity contribution in [2.75, 3.05) is 51.1 Å². The van der Waals surface area contributed by atoms with E-state index >= 15 is 0 Å². The summed E-state index contributed by atoms with van der Waals surface area (Å²) in [5, 5.41) is 12.9. The molecule has 3 aliphatic heterocycles. The quantitative estimate of drug-likeness (QED) is 0.479. The first-order valence-electron chi connectivity index (χ1n) is 17.2. The van der Waals surface area contributed by atoms with Crippen molar-refractivity contribution in [2.45, 2.75) is 74.9 Å². The van der Waals surface area contributed by atoms with Gasteiger partial charge in [0.15, 0.2) is 5.60 Å². The summed E-state index contributed by atoms with van der Waals surface area (Å²) in [4.78, 5) is 31.1. The molecule has 0 unspecified atom stereocenters. The predicted molar refractivity (Wildman–Crippen MR) is 183 cm³/mol. The highest BCUT2D eigenvalue weighted by atomic mass is 35.5. The predicted octanol–water partition coefficient (Wildman–Crippen LogP) is 4.15. The van der Waals surface area contributed by atoms with E-state index in [9.17, 15) is 23.1 Å². The Labute approximate surface area is 288 Å². The fraction of sp³-hybridized carbons (Fsp3) is 0.611. The molecule has 2 aromatic carbocycles. The Kier molecular flexibility index (Phi) is 8.96. The van der Waals surface area contributed by atoms with E-state index in [-0.39, 0.29) is 17.1 Å². The Morgan fingerprint density at radius 1 is 1.12 bits per heavy atom. The molecule has 2 N–H and O–H groups in total. The lowest BCUT2D eigenvalue weighted by Gasteiger charge is -2.48. The van der Waals surface area contributed by atoms with E-state index < -0.39 is 33.9 Å². The number of carbonyl (C=O) groups is 2. The van der Waals surface area contributed by atoms with Gasteiger partial charge in [-0.2, -0.15) is 0 Å². The molecule has 0 radical (unpaired) electrons. The minimum atomic E-state index is -4.03. The van der Waals surface area contributed by atoms with Gasteiger partial charge >= 0.3 is 0 Å². The number of carbonyl (C=O) groups excluding carboxylic acids is 2. The maximum Gasteiger partial charge on any atom is 0.270 e. The summed E-state index contributed by atoms with van der Waals surface area (Å²) in [5.41, 5.74) is 0.578. The number of anilines is 1. The lowest BCUT2D eigenvalue weighted by Crippen LogP contribution is -2.51. The zero-order valence-electron chi connectivity index (χ0n) is 27.8. The summed E-state index contributed by atoms with van der Waals surface area (Å²) in [5.74, 6) is 0.225. The lowest BCUT2D eigenvalue weighted by molar-refractivity contribution is -0.148. The van der Waals surface area contributed by atoms with Gasteiger partial charge in [-0.05, 0) is 110 Å². The molecule has 4 bridgehead atoms. The Balaban J connectivity index is 1.34. The Hall–Kier alpha value is -2.86. The monoisotopic (exact) mass is 699 g/mol. The Morgan fingerprint density at radius 2 is 1.96 bits per heavy atom. The smallest absolute Gasteiger partial charge is 0.270 e. The number of hydrogen-bond donors (Lipinski definition) is 2. The number of rotatable bonds is 2. The third-order valence-corrected chi connectivity index (χ3v) is 12.5. The van der Waals surface area contributed by atoms with E-state index in [1.165, 1.54) is 16.0 Å². The van der Waals surface area contributed by atoms with Crippen LogP contribution >= 0.6 is 11.6 Å². The first-order chi connectivity index (χ1) is 22.8. The summed E-state index contributed by atoms with van der Waals surface area (Å²) in [6.45, 7) is 3.02. The maximum atomic E-state index is 13.6. The highest BCUT2D eigenvalue weighted by Gasteiger charge is 2.47. The van der Waals surface area contributed by atoms with E-state index in [2.05, 4.69) is 17.0 Å². The van der Waals surface area contributed by atoms with Crippen molar-refractivity contribution in [3.8, 4) is 5.75 Å². The van der Waals surface area contributed by atoms with Crippen molar-refractivity contribution >= 4 is 39.1 Å². The third-order valence-electron chi connectivity index (χ3n) is 11.7. The van der Waals surface area contributed by atoms with Gasteiger partial charge in [0.1, 0.15) is 5.75 Å². The second-order valence-electron chi connectivity index (χ2n) is 14.9. The number of halogens is 1. The van der Waals surface area contributed by atoms with Crippen LogP contribution in [-0.4, -0.2) is 82.5 Å². The molecule has 260 valence electrons. The molecule has 1 saturated heterocycles. The molecular formula is C36H46ClN3O7S. The zero-order valence-corrected chi connectivity index (χ0v) is 29.3. The summed E-state index contributed by atoms with van der Waals surface area (Å²) >= 11 is 6.44. The Morgan fingerprint density at radius 3 is 2.73 bits per heavy atom. The molecule has 6 atom stereocenters. The van der Waals surface area contributed by atoms with Gasteiger partial charge in [0, 0.05) is 43.7 Å². The first-order valence-corrected chi connectivity index (χ1v) is 19.5. The summed E-state index contributed by atoms with van der Waals surface area (Å²) in [7, 11) is -2.36. The van der Waals surface area contributed by atoms with Gasteiger partial charge in [0.25, 0.3) is 5.91 Å². The van der Waals surface area contributed by atoms with E-state index in [0.717, 1.165) is 69.9 Å². The number of benzene rings is 2. The molecular weight excluding hydrogens is 654 g/mol. The molecule has 12 heteroatoms. The van der Waals surface area contributed by atoms with Crippen molar-refractivity contribution in [1.29, 1.82) is 0 Å². The van der Waals surface area contributed by atoms with E-state index in [1.54, 1.807) is 25.2 Å². The number of nitrogens with zero attached hydrogens (tertiary/aromatic N) is 2. The van der Waals surface area contributed by atoms with Crippen molar-refractivity contribution < 1.29 is 32.6 Å². The van der Waals surface area contributed by atoms with Gasteiger partial charge in [-0.15, -0.1) is 0 Å². The zero-order chi connectivity index (χ0) is 33.8. The van der Waals surface area contributed by atoms with E-state index in [4.69, 9.17) is 21.1 Å². The van der Waals surface area contributed by atoms with Crippen LogP contribution in [0.25, 0.3) is 0 Å². The topological polar surface area (TPSA) is 125 Å². The number of ether oxygens (including phenoxy) is 2. The van der Waals surface area contributed by atoms with Crippen molar-refractivity contribution in [3.05, 3.63) is 58.1 Å². The number of sulfonamides is 1. The standard InChI is InChI=1S/C36H46ClN3O7S/c1-39-14-11-23-12-15-46-32(16-23)28-8-5-25(28)20-40-21-35(13-3-4-24-17-27(37)7-9-29(24)35)22-47-31-10-6-26(18-30(31)40)36(43,19-33(39)41)34(42)38-48(2,44)45/h6-7,9-10,17-18,23,25,28,32,43H,3-5,8,11-16,19-22H2,1-2H3,(H,38,42)/t23-,25-,28+,32-,35-,36+/m0/s1. The minimum Gasteiger partial charge on any atom is -0.490 e. The lowest BCUT2D eigenvalue weighted by atomic mass is 9.67. The molecule has 48 heavy (non-hydrogen) atoms. The average Bonchev–Trinajstić information content (AvgIpc) is 3.17. The summed E-state index contributed by atoms with van der Waals surface area (Å²) in [6, 6.07) is 11.2. The normalized spacial score (nSPS) is 32.3. The van der Waals surface area contributed by atoms with Gasteiger partial charge in [-0.1, -0.05) is 23.7 Å². The SMILES string of the molecule is CN1CC[C@H]2CCO[C@@H](C2)[C@@H]2CC[C@H]2CN2C[C@@]3(CCCc4cc(Cl)ccc43)COc3ccc(cc32)[C@@](O)(C(=O)NS(C)(=O)=O)CC1=O. The van der Waals surface area contributed by atoms with Crippen LogP contribution in [0.15, 0.2) is 36.4 Å². The third kappa shape index (κ3) is 6.43. The highest BCUT2D eigenvalue weighted by molar-refractivity contribution is 7.89. The molecule has 0 aromatic heterocycles. The van der Waals surface area contributed by atoms with Crippen LogP contribution in [0.2, 0.25) is 5.02 Å². The number of nitrogens with one attached hydrogen (secondary N) is 1. The van der Waals surface area contributed by atoms with Gasteiger partial charge < -0.3 is 24.4 Å². The van der Waals surface area contributed by atoms with Gasteiger partial charge in [-0.3, -0.25) is 14.3 Å². The van der Waals surface area contributed by atoms with Crippen LogP contribution in [0.3, 0.4) is 0 Å². The molecule has 2 fully saturated rings. The minimum absolute atomic E-state index is 0.141. The Bertz CT molecular complexity index is 1700. The molecule has 2 amide bonds. The molecule has 3 heterocycles. The second-order valence-corrected chi connectivity index (χ2v) is 17.1. The summed E-state index contributed by atoms with van der Waals surface area (Å²) in [6.07, 6.45) is 8.17. The van der Waals surface area contributed by atoms with Gasteiger partial charge in [0.05, 0.1) is 31.1 Å². The van der Waals surface area contributed by atoms with Crippen molar-refractivity contribution in [2.24, 2.45) is 17.8 Å². The van der Waals surface area contributed by atoms with E-state index in [0.29, 0.717) is 54.8 Å². The van der Waals surface area contributed by atoms with Crippen molar-refractivity contribution in [1.82, 2.24) is 9.62 Å². The second kappa shape index (κ2) is 12.8. The van der Waals surface area contributed by atoms with Crippen LogP contribution in [0.1, 0.15) is 68.1 Å². The molecule has 2 aliphatic carbocycles. The number of aliphatic hydroxyl groups is 1. The molecule has 7 rings (SSSR count). The highest BCUT2D eigenvalue weighted by Crippen LogP contribution is 2.48. The van der Waals surface area contributed by atoms with Crippen LogP contribution in [0.5, 0.6) is 5.75 Å². The van der Waals surface area contributed by atoms with Crippen LogP contribution in [0, 0.1) is 17.8 Å². The number of aryl methyl sites for hydroxylation is 1. The molecule has 2 aromatic rings. The van der Waals surface area contributed by atoms with Gasteiger partial charge in [0.2, 0.25) is 15.9 Å². The molecule has 1 saturated carbocycles. The fourth-order valence-electron chi connectivity index (χ4n) is 8.85. The van der Waals surface area contributed by atoms with Gasteiger partial charge in [-0.25, -0.2) is 8.42 Å². The summed E-state index contributed by atoms with van der Waals surface area (Å²) < 4.78 is 39.4.